The van der Waals surface area contributed by atoms with Gasteiger partial charge in [-0.2, -0.15) is 5.10 Å². The Morgan fingerprint density at radius 3 is 2.30 bits per heavy atom. The molecule has 0 atom stereocenters. The van der Waals surface area contributed by atoms with Gasteiger partial charge in [-0.3, -0.25) is 4.68 Å². The van der Waals surface area contributed by atoms with Crippen LogP contribution in [0, 0.1) is 6.92 Å². The molecule has 0 radical (unpaired) electrons. The van der Waals surface area contributed by atoms with Crippen LogP contribution in [-0.2, 0) is 7.05 Å². The molecule has 0 saturated heterocycles. The lowest BCUT2D eigenvalue weighted by molar-refractivity contribution is 0.739. The molecule has 0 aliphatic heterocycles. The number of rotatable bonds is 1. The van der Waals surface area contributed by atoms with Crippen LogP contribution in [0.15, 0.2) is 6.20 Å². The first-order chi connectivity index (χ1) is 4.63. The van der Waals surface area contributed by atoms with Gasteiger partial charge in [-0.25, -0.2) is 0 Å². The second kappa shape index (κ2) is 2.33. The van der Waals surface area contributed by atoms with Gasteiger partial charge in [0.1, 0.15) is 0 Å². The Morgan fingerprint density at radius 2 is 2.10 bits per heavy atom. The van der Waals surface area contributed by atoms with Gasteiger partial charge in [0.25, 0.3) is 0 Å². The van der Waals surface area contributed by atoms with Gasteiger partial charge in [0.15, 0.2) is 0 Å². The van der Waals surface area contributed by atoms with Crippen molar-refractivity contribution in [2.24, 2.45) is 7.05 Å². The van der Waals surface area contributed by atoms with Crippen LogP contribution in [0.5, 0.6) is 0 Å². The van der Waals surface area contributed by atoms with Gasteiger partial charge < -0.3 is 4.90 Å². The summed E-state index contributed by atoms with van der Waals surface area (Å²) in [6, 6.07) is 0. The highest BCUT2D eigenvalue weighted by atomic mass is 15.3. The highest BCUT2D eigenvalue weighted by Gasteiger charge is 2.03. The van der Waals surface area contributed by atoms with Gasteiger partial charge in [0.2, 0.25) is 0 Å². The molecule has 0 bridgehead atoms. The maximum absolute atomic E-state index is 4.11. The molecule has 0 N–H and O–H groups in total. The molecule has 0 fully saturated rings. The molecule has 0 amide bonds. The van der Waals surface area contributed by atoms with E-state index in [4.69, 9.17) is 0 Å². The molecule has 0 aromatic carbocycles. The average molecular weight is 139 g/mol. The van der Waals surface area contributed by atoms with Crippen molar-refractivity contribution in [3.63, 3.8) is 0 Å². The second-order valence-electron chi connectivity index (χ2n) is 2.63. The summed E-state index contributed by atoms with van der Waals surface area (Å²) in [6.07, 6.45) is 1.87. The molecule has 56 valence electrons. The van der Waals surface area contributed by atoms with Crippen molar-refractivity contribution < 1.29 is 0 Å². The number of nitrogens with zero attached hydrogens (tertiary/aromatic N) is 3. The zero-order valence-electron chi connectivity index (χ0n) is 6.92. The molecule has 0 aliphatic rings. The SMILES string of the molecule is Cc1c(N(C)C)cnn1C. The number of hydrogen-bond donors (Lipinski definition) is 0. The molecule has 1 aromatic heterocycles. The van der Waals surface area contributed by atoms with E-state index in [1.807, 2.05) is 32.0 Å². The Bertz CT molecular complexity index is 225. The topological polar surface area (TPSA) is 21.1 Å². The monoisotopic (exact) mass is 139 g/mol. The summed E-state index contributed by atoms with van der Waals surface area (Å²) in [5.74, 6) is 0. The largest absolute Gasteiger partial charge is 0.375 e. The van der Waals surface area contributed by atoms with E-state index in [1.165, 1.54) is 11.4 Å². The fourth-order valence-electron chi connectivity index (χ4n) is 0.926. The Kier molecular flexibility index (Phi) is 1.66. The van der Waals surface area contributed by atoms with Crippen LogP contribution in [0.1, 0.15) is 5.69 Å². The molecular formula is C7H13N3. The van der Waals surface area contributed by atoms with Gasteiger partial charge in [-0.1, -0.05) is 0 Å². The molecule has 0 saturated carbocycles. The molecule has 0 unspecified atom stereocenters. The lowest BCUT2D eigenvalue weighted by Gasteiger charge is -2.09. The summed E-state index contributed by atoms with van der Waals surface area (Å²) >= 11 is 0. The molecule has 10 heavy (non-hydrogen) atoms. The van der Waals surface area contributed by atoms with E-state index >= 15 is 0 Å². The van der Waals surface area contributed by atoms with E-state index in [2.05, 4.69) is 16.9 Å². The van der Waals surface area contributed by atoms with Crippen molar-refractivity contribution in [3.05, 3.63) is 11.9 Å². The van der Waals surface area contributed by atoms with Gasteiger partial charge in [-0.15, -0.1) is 0 Å². The predicted octanol–water partition coefficient (Wildman–Crippen LogP) is 0.795. The number of hydrogen-bond acceptors (Lipinski definition) is 2. The van der Waals surface area contributed by atoms with E-state index in [9.17, 15) is 0 Å². The van der Waals surface area contributed by atoms with Crippen LogP contribution in [0.25, 0.3) is 0 Å². The third kappa shape index (κ3) is 0.988. The quantitative estimate of drug-likeness (QED) is 0.573. The van der Waals surface area contributed by atoms with Crippen molar-refractivity contribution in [1.29, 1.82) is 0 Å². The number of anilines is 1. The third-order valence-electron chi connectivity index (χ3n) is 1.69. The van der Waals surface area contributed by atoms with Gasteiger partial charge in [0, 0.05) is 21.1 Å². The van der Waals surface area contributed by atoms with E-state index < -0.39 is 0 Å². The molecule has 1 rings (SSSR count). The summed E-state index contributed by atoms with van der Waals surface area (Å²) < 4.78 is 1.87. The Morgan fingerprint density at radius 1 is 1.50 bits per heavy atom. The van der Waals surface area contributed by atoms with Crippen molar-refractivity contribution in [2.45, 2.75) is 6.92 Å². The van der Waals surface area contributed by atoms with Crippen LogP contribution >= 0.6 is 0 Å². The minimum absolute atomic E-state index is 1.18. The standard InChI is InChI=1S/C7H13N3/c1-6-7(9(2)3)5-8-10(6)4/h5H,1-4H3. The minimum Gasteiger partial charge on any atom is -0.375 e. The smallest absolute Gasteiger partial charge is 0.0776 e. The highest BCUT2D eigenvalue weighted by Crippen LogP contribution is 2.14. The fraction of sp³-hybridized carbons (Fsp3) is 0.571. The highest BCUT2D eigenvalue weighted by molar-refractivity contribution is 5.47. The van der Waals surface area contributed by atoms with Crippen LogP contribution in [0.3, 0.4) is 0 Å². The first kappa shape index (κ1) is 7.12. The van der Waals surface area contributed by atoms with Gasteiger partial charge in [0.05, 0.1) is 17.6 Å². The van der Waals surface area contributed by atoms with Gasteiger partial charge >= 0.3 is 0 Å². The zero-order valence-corrected chi connectivity index (χ0v) is 6.92. The number of aryl methyl sites for hydroxylation is 1. The van der Waals surface area contributed by atoms with Crippen molar-refractivity contribution >= 4 is 5.69 Å². The van der Waals surface area contributed by atoms with Crippen LogP contribution in [0.4, 0.5) is 5.69 Å². The molecule has 3 heteroatoms. The molecule has 0 spiro atoms. The second-order valence-corrected chi connectivity index (χ2v) is 2.63. The lowest BCUT2D eigenvalue weighted by atomic mass is 10.4. The average Bonchev–Trinajstić information content (AvgIpc) is 2.14. The van der Waals surface area contributed by atoms with Crippen molar-refractivity contribution in [3.8, 4) is 0 Å². The van der Waals surface area contributed by atoms with Crippen LogP contribution in [0.2, 0.25) is 0 Å². The van der Waals surface area contributed by atoms with Crippen molar-refractivity contribution in [1.82, 2.24) is 9.78 Å². The molecular weight excluding hydrogens is 126 g/mol. The van der Waals surface area contributed by atoms with Gasteiger partial charge in [-0.05, 0) is 6.92 Å². The van der Waals surface area contributed by atoms with Crippen molar-refractivity contribution in [2.75, 3.05) is 19.0 Å². The summed E-state index contributed by atoms with van der Waals surface area (Å²) in [4.78, 5) is 2.06. The molecule has 3 nitrogen and oxygen atoms in total. The minimum atomic E-state index is 1.18. The molecule has 1 heterocycles. The number of aromatic nitrogens is 2. The first-order valence-electron chi connectivity index (χ1n) is 3.29. The van der Waals surface area contributed by atoms with E-state index in [0.29, 0.717) is 0 Å². The summed E-state index contributed by atoms with van der Waals surface area (Å²) in [7, 11) is 5.98. The Hall–Kier alpha value is -0.990. The predicted molar refractivity (Wildman–Crippen MR) is 42.3 cm³/mol. The van der Waals surface area contributed by atoms with Crippen LogP contribution in [-0.4, -0.2) is 23.9 Å². The van der Waals surface area contributed by atoms with Crippen LogP contribution < -0.4 is 4.90 Å². The Balaban J connectivity index is 3.05. The molecule has 0 aliphatic carbocycles. The maximum Gasteiger partial charge on any atom is 0.0776 e. The summed E-state index contributed by atoms with van der Waals surface area (Å²) in [6.45, 7) is 2.06. The first-order valence-corrected chi connectivity index (χ1v) is 3.29. The Labute approximate surface area is 61.3 Å². The normalized spacial score (nSPS) is 10.0. The zero-order chi connectivity index (χ0) is 7.72. The lowest BCUT2D eigenvalue weighted by Crippen LogP contribution is -2.09. The van der Waals surface area contributed by atoms with E-state index in [0.717, 1.165) is 0 Å². The fourth-order valence-corrected chi connectivity index (χ4v) is 0.926. The van der Waals surface area contributed by atoms with E-state index in [-0.39, 0.29) is 0 Å². The summed E-state index contributed by atoms with van der Waals surface area (Å²) in [5, 5.41) is 4.11. The third-order valence-corrected chi connectivity index (χ3v) is 1.69. The maximum atomic E-state index is 4.11. The van der Waals surface area contributed by atoms with E-state index in [1.54, 1.807) is 0 Å². The summed E-state index contributed by atoms with van der Waals surface area (Å²) in [5.41, 5.74) is 2.38. The molecule has 1 aromatic rings.